The highest BCUT2D eigenvalue weighted by Gasteiger charge is 1.93. The third-order valence-electron chi connectivity index (χ3n) is 1.27. The van der Waals surface area contributed by atoms with Gasteiger partial charge in [0, 0.05) is 18.4 Å². The lowest BCUT2D eigenvalue weighted by atomic mass is 10.4. The first-order chi connectivity index (χ1) is 4.83. The molecule has 0 aliphatic heterocycles. The van der Waals surface area contributed by atoms with E-state index in [1.54, 1.807) is 6.20 Å². The maximum absolute atomic E-state index is 5.68. The van der Waals surface area contributed by atoms with Crippen LogP contribution in [0.2, 0.25) is 5.02 Å². The van der Waals surface area contributed by atoms with E-state index in [2.05, 4.69) is 17.2 Å². The largest absolute Gasteiger partial charge is 0.363 e. The molecule has 1 aromatic rings. The maximum atomic E-state index is 5.68. The molecule has 0 saturated heterocycles. The second kappa shape index (κ2) is 3.64. The average Bonchev–Trinajstić information content (AvgIpc) is 2.31. The van der Waals surface area contributed by atoms with Crippen molar-refractivity contribution in [2.75, 3.05) is 6.54 Å². The molecule has 1 aromatic heterocycles. The molecule has 0 unspecified atom stereocenters. The summed E-state index contributed by atoms with van der Waals surface area (Å²) in [6.45, 7) is 3.92. The van der Waals surface area contributed by atoms with Crippen LogP contribution in [0, 0.1) is 0 Å². The summed E-state index contributed by atoms with van der Waals surface area (Å²) in [6.07, 6.45) is 1.79. The van der Waals surface area contributed by atoms with Gasteiger partial charge in [0.05, 0.1) is 5.02 Å². The molecule has 1 heterocycles. The Balaban J connectivity index is 2.42. The highest BCUT2D eigenvalue weighted by Crippen LogP contribution is 2.08. The maximum Gasteiger partial charge on any atom is 0.0583 e. The van der Waals surface area contributed by atoms with Crippen molar-refractivity contribution in [3.63, 3.8) is 0 Å². The fraction of sp³-hybridized carbons (Fsp3) is 0.429. The molecule has 0 atom stereocenters. The van der Waals surface area contributed by atoms with Crippen LogP contribution in [0.1, 0.15) is 12.6 Å². The molecule has 0 fully saturated rings. The highest BCUT2D eigenvalue weighted by molar-refractivity contribution is 6.30. The summed E-state index contributed by atoms with van der Waals surface area (Å²) >= 11 is 5.68. The molecule has 0 aromatic carbocycles. The van der Waals surface area contributed by atoms with Gasteiger partial charge in [-0.15, -0.1) is 0 Å². The van der Waals surface area contributed by atoms with E-state index in [-0.39, 0.29) is 0 Å². The smallest absolute Gasteiger partial charge is 0.0583 e. The summed E-state index contributed by atoms with van der Waals surface area (Å²) in [4.78, 5) is 3.05. The predicted octanol–water partition coefficient (Wildman–Crippen LogP) is 1.78. The van der Waals surface area contributed by atoms with Gasteiger partial charge in [-0.25, -0.2) is 0 Å². The number of hydrogen-bond acceptors (Lipinski definition) is 1. The van der Waals surface area contributed by atoms with Crippen LogP contribution in [-0.2, 0) is 6.54 Å². The van der Waals surface area contributed by atoms with Crippen LogP contribution in [-0.4, -0.2) is 11.5 Å². The Labute approximate surface area is 65.6 Å². The van der Waals surface area contributed by atoms with E-state index >= 15 is 0 Å². The molecule has 10 heavy (non-hydrogen) atoms. The molecule has 3 heteroatoms. The van der Waals surface area contributed by atoms with Crippen molar-refractivity contribution in [1.29, 1.82) is 0 Å². The van der Waals surface area contributed by atoms with E-state index in [0.717, 1.165) is 23.8 Å². The molecule has 0 radical (unpaired) electrons. The number of aromatic amines is 1. The lowest BCUT2D eigenvalue weighted by molar-refractivity contribution is 0.714. The minimum Gasteiger partial charge on any atom is -0.363 e. The second-order valence-corrected chi connectivity index (χ2v) is 2.56. The number of rotatable bonds is 3. The van der Waals surface area contributed by atoms with Gasteiger partial charge in [-0.1, -0.05) is 18.5 Å². The van der Waals surface area contributed by atoms with E-state index in [1.165, 1.54) is 0 Å². The van der Waals surface area contributed by atoms with Gasteiger partial charge >= 0.3 is 0 Å². The zero-order valence-electron chi connectivity index (χ0n) is 5.95. The van der Waals surface area contributed by atoms with Crippen LogP contribution < -0.4 is 5.32 Å². The SMILES string of the molecule is CCNCc1cc(Cl)c[nH]1. The molecular formula is C7H11ClN2. The molecule has 0 saturated carbocycles. The van der Waals surface area contributed by atoms with Gasteiger partial charge in [-0.05, 0) is 12.6 Å². The second-order valence-electron chi connectivity index (χ2n) is 2.12. The average molecular weight is 159 g/mol. The molecule has 2 nitrogen and oxygen atoms in total. The van der Waals surface area contributed by atoms with Crippen LogP contribution >= 0.6 is 11.6 Å². The number of H-pyrrole nitrogens is 1. The Morgan fingerprint density at radius 2 is 2.50 bits per heavy atom. The standard InChI is InChI=1S/C7H11ClN2/c1-2-9-5-7-3-6(8)4-10-7/h3-4,9-10H,2,5H2,1H3. The molecule has 2 N–H and O–H groups in total. The van der Waals surface area contributed by atoms with Crippen molar-refractivity contribution >= 4 is 11.6 Å². The number of halogens is 1. The quantitative estimate of drug-likeness (QED) is 0.690. The van der Waals surface area contributed by atoms with E-state index in [1.807, 2.05) is 6.07 Å². The Bertz CT molecular complexity index is 195. The van der Waals surface area contributed by atoms with Crippen LogP contribution in [0.5, 0.6) is 0 Å². The van der Waals surface area contributed by atoms with Crippen molar-refractivity contribution in [1.82, 2.24) is 10.3 Å². The van der Waals surface area contributed by atoms with Crippen LogP contribution in [0.15, 0.2) is 12.3 Å². The zero-order valence-corrected chi connectivity index (χ0v) is 6.70. The predicted molar refractivity (Wildman–Crippen MR) is 43.2 cm³/mol. The van der Waals surface area contributed by atoms with Gasteiger partial charge in [-0.3, -0.25) is 0 Å². The third kappa shape index (κ3) is 2.05. The van der Waals surface area contributed by atoms with Crippen molar-refractivity contribution < 1.29 is 0 Å². The lowest BCUT2D eigenvalue weighted by Gasteiger charge is -1.95. The topological polar surface area (TPSA) is 27.8 Å². The van der Waals surface area contributed by atoms with Crippen LogP contribution in [0.3, 0.4) is 0 Å². The number of hydrogen-bond donors (Lipinski definition) is 2. The highest BCUT2D eigenvalue weighted by atomic mass is 35.5. The molecule has 0 aliphatic rings. The van der Waals surface area contributed by atoms with Crippen LogP contribution in [0.25, 0.3) is 0 Å². The molecule has 0 spiro atoms. The summed E-state index contributed by atoms with van der Waals surface area (Å²) in [6, 6.07) is 1.92. The first-order valence-corrected chi connectivity index (χ1v) is 3.74. The molecule has 1 rings (SSSR count). The summed E-state index contributed by atoms with van der Waals surface area (Å²) in [5, 5.41) is 3.96. The molecule has 0 aliphatic carbocycles. The van der Waals surface area contributed by atoms with E-state index in [9.17, 15) is 0 Å². The Morgan fingerprint density at radius 3 is 3.00 bits per heavy atom. The summed E-state index contributed by atoms with van der Waals surface area (Å²) in [7, 11) is 0. The minimum atomic E-state index is 0.771. The molecular weight excluding hydrogens is 148 g/mol. The molecule has 0 amide bonds. The monoisotopic (exact) mass is 158 g/mol. The fourth-order valence-corrected chi connectivity index (χ4v) is 0.959. The van der Waals surface area contributed by atoms with Crippen molar-refractivity contribution in [2.24, 2.45) is 0 Å². The first-order valence-electron chi connectivity index (χ1n) is 3.36. The van der Waals surface area contributed by atoms with Crippen molar-refractivity contribution in [3.05, 3.63) is 23.0 Å². The number of aromatic nitrogens is 1. The van der Waals surface area contributed by atoms with Gasteiger partial charge in [0.1, 0.15) is 0 Å². The van der Waals surface area contributed by atoms with E-state index < -0.39 is 0 Å². The van der Waals surface area contributed by atoms with Gasteiger partial charge in [0.25, 0.3) is 0 Å². The summed E-state index contributed by atoms with van der Waals surface area (Å²) < 4.78 is 0. The van der Waals surface area contributed by atoms with Crippen LogP contribution in [0.4, 0.5) is 0 Å². The Morgan fingerprint density at radius 1 is 1.70 bits per heavy atom. The lowest BCUT2D eigenvalue weighted by Crippen LogP contribution is -2.11. The zero-order chi connectivity index (χ0) is 7.40. The Hall–Kier alpha value is -0.470. The van der Waals surface area contributed by atoms with Gasteiger partial charge in [0.15, 0.2) is 0 Å². The van der Waals surface area contributed by atoms with Crippen molar-refractivity contribution in [2.45, 2.75) is 13.5 Å². The normalized spacial score (nSPS) is 10.2. The summed E-state index contributed by atoms with van der Waals surface area (Å²) in [5.74, 6) is 0. The fourth-order valence-electron chi connectivity index (χ4n) is 0.773. The van der Waals surface area contributed by atoms with Gasteiger partial charge < -0.3 is 10.3 Å². The Kier molecular flexibility index (Phi) is 2.78. The molecule has 56 valence electrons. The minimum absolute atomic E-state index is 0.771. The number of nitrogens with one attached hydrogen (secondary N) is 2. The van der Waals surface area contributed by atoms with Gasteiger partial charge in [-0.2, -0.15) is 0 Å². The third-order valence-corrected chi connectivity index (χ3v) is 1.49. The summed E-state index contributed by atoms with van der Waals surface area (Å²) in [5.41, 5.74) is 1.13. The first kappa shape index (κ1) is 7.63. The molecule has 0 bridgehead atoms. The van der Waals surface area contributed by atoms with Crippen molar-refractivity contribution in [3.8, 4) is 0 Å². The van der Waals surface area contributed by atoms with Gasteiger partial charge in [0.2, 0.25) is 0 Å². The van der Waals surface area contributed by atoms with E-state index in [0.29, 0.717) is 0 Å². The van der Waals surface area contributed by atoms with E-state index in [4.69, 9.17) is 11.6 Å².